The van der Waals surface area contributed by atoms with Crippen LogP contribution in [-0.4, -0.2) is 29.1 Å². The lowest BCUT2D eigenvalue weighted by Gasteiger charge is -2.36. The lowest BCUT2D eigenvalue weighted by Crippen LogP contribution is -2.49. The molecule has 3 rings (SSSR count). The molecule has 4 nitrogen and oxygen atoms in total. The van der Waals surface area contributed by atoms with E-state index in [9.17, 15) is 18.0 Å². The van der Waals surface area contributed by atoms with Crippen molar-refractivity contribution in [3.63, 3.8) is 0 Å². The first-order valence-electron chi connectivity index (χ1n) is 7.64. The highest BCUT2D eigenvalue weighted by Crippen LogP contribution is 2.34. The molecule has 134 valence electrons. The molecule has 1 aliphatic heterocycles. The summed E-state index contributed by atoms with van der Waals surface area (Å²) in [7, 11) is 0. The number of hydrogen-bond acceptors (Lipinski definition) is 4. The van der Waals surface area contributed by atoms with Gasteiger partial charge in [0.1, 0.15) is 17.2 Å². The predicted molar refractivity (Wildman–Crippen MR) is 86.5 cm³/mol. The van der Waals surface area contributed by atoms with Crippen molar-refractivity contribution >= 4 is 17.3 Å². The predicted octanol–water partition coefficient (Wildman–Crippen LogP) is 3.86. The Bertz CT molecular complexity index is 736. The van der Waals surface area contributed by atoms with Gasteiger partial charge in [-0.25, -0.2) is 0 Å². The lowest BCUT2D eigenvalue weighted by atomic mass is 10.00. The van der Waals surface area contributed by atoms with Crippen LogP contribution in [0, 0.1) is 5.92 Å². The van der Waals surface area contributed by atoms with Crippen molar-refractivity contribution in [3.8, 4) is 5.75 Å². The zero-order chi connectivity index (χ0) is 18.0. The van der Waals surface area contributed by atoms with E-state index in [-0.39, 0.29) is 12.5 Å². The van der Waals surface area contributed by atoms with Crippen molar-refractivity contribution in [2.75, 3.05) is 13.1 Å². The third kappa shape index (κ3) is 4.52. The molecule has 1 aliphatic rings. The minimum absolute atomic E-state index is 0.0898. The zero-order valence-corrected chi connectivity index (χ0v) is 13.9. The van der Waals surface area contributed by atoms with Crippen LogP contribution in [0.4, 0.5) is 13.2 Å². The fourth-order valence-electron chi connectivity index (χ4n) is 2.57. The van der Waals surface area contributed by atoms with Crippen molar-refractivity contribution in [2.24, 2.45) is 5.92 Å². The number of aliphatic carboxylic acids is 1. The van der Waals surface area contributed by atoms with Gasteiger partial charge in [-0.1, -0.05) is 12.1 Å². The van der Waals surface area contributed by atoms with Crippen LogP contribution >= 0.6 is 11.3 Å². The molecule has 0 unspecified atom stereocenters. The van der Waals surface area contributed by atoms with Gasteiger partial charge in [-0.3, -0.25) is 9.69 Å². The fourth-order valence-corrected chi connectivity index (χ4v) is 3.35. The van der Waals surface area contributed by atoms with Crippen LogP contribution in [0.1, 0.15) is 15.3 Å². The van der Waals surface area contributed by atoms with Crippen molar-refractivity contribution in [3.05, 3.63) is 51.7 Å². The Morgan fingerprint density at radius 1 is 1.20 bits per heavy atom. The topological polar surface area (TPSA) is 49.8 Å². The monoisotopic (exact) mass is 371 g/mol. The maximum absolute atomic E-state index is 12.5. The lowest BCUT2D eigenvalue weighted by molar-refractivity contribution is -0.147. The molecule has 1 aromatic carbocycles. The summed E-state index contributed by atoms with van der Waals surface area (Å²) in [5.41, 5.74) is 1.03. The molecule has 0 amide bonds. The normalized spacial score (nSPS) is 15.8. The Morgan fingerprint density at radius 2 is 1.88 bits per heavy atom. The molecule has 2 aromatic rings. The van der Waals surface area contributed by atoms with E-state index in [1.807, 2.05) is 17.0 Å². The molecule has 8 heteroatoms. The quantitative estimate of drug-likeness (QED) is 0.838. The number of carbonyl (C=O) groups is 1. The molecule has 0 spiro atoms. The van der Waals surface area contributed by atoms with Gasteiger partial charge in [0.2, 0.25) is 0 Å². The number of benzene rings is 1. The summed E-state index contributed by atoms with van der Waals surface area (Å²) in [6, 6.07) is 9.76. The number of carboxylic acid groups (broad SMARTS) is 1. The number of thiophene rings is 1. The SMILES string of the molecule is O=C(O)C1CN(Cc2ccc(OCc3ccc(C(F)(F)F)s3)cc2)C1. The third-order valence-electron chi connectivity index (χ3n) is 3.96. The average Bonchev–Trinajstić information content (AvgIpc) is 2.98. The zero-order valence-electron chi connectivity index (χ0n) is 13.1. The second-order valence-corrected chi connectivity index (χ2v) is 7.09. The van der Waals surface area contributed by atoms with Gasteiger partial charge in [0, 0.05) is 24.5 Å². The van der Waals surface area contributed by atoms with Crippen molar-refractivity contribution < 1.29 is 27.8 Å². The van der Waals surface area contributed by atoms with Crippen LogP contribution < -0.4 is 4.74 Å². The van der Waals surface area contributed by atoms with E-state index in [0.29, 0.717) is 41.6 Å². The van der Waals surface area contributed by atoms with Gasteiger partial charge in [0.15, 0.2) is 0 Å². The van der Waals surface area contributed by atoms with Gasteiger partial charge >= 0.3 is 12.1 Å². The molecule has 0 atom stereocenters. The molecule has 0 saturated carbocycles. The number of nitrogens with zero attached hydrogens (tertiary/aromatic N) is 1. The van der Waals surface area contributed by atoms with E-state index in [4.69, 9.17) is 9.84 Å². The highest BCUT2D eigenvalue weighted by atomic mass is 32.1. The number of hydrogen-bond donors (Lipinski definition) is 1. The molecule has 0 bridgehead atoms. The molecule has 1 N–H and O–H groups in total. The smallest absolute Gasteiger partial charge is 0.425 e. The second-order valence-electron chi connectivity index (χ2n) is 5.93. The number of likely N-dealkylation sites (tertiary alicyclic amines) is 1. The van der Waals surface area contributed by atoms with Gasteiger partial charge in [-0.15, -0.1) is 11.3 Å². The fraction of sp³-hybridized carbons (Fsp3) is 0.353. The summed E-state index contributed by atoms with van der Waals surface area (Å²) >= 11 is 0.679. The van der Waals surface area contributed by atoms with E-state index >= 15 is 0 Å². The Hall–Kier alpha value is -2.06. The summed E-state index contributed by atoms with van der Waals surface area (Å²) < 4.78 is 43.2. The first-order chi connectivity index (χ1) is 11.8. The summed E-state index contributed by atoms with van der Waals surface area (Å²) in [4.78, 5) is 12.7. The van der Waals surface area contributed by atoms with Crippen molar-refractivity contribution in [2.45, 2.75) is 19.3 Å². The minimum atomic E-state index is -4.32. The maximum Gasteiger partial charge on any atom is 0.425 e. The van der Waals surface area contributed by atoms with Gasteiger partial charge in [0.25, 0.3) is 0 Å². The first-order valence-corrected chi connectivity index (χ1v) is 8.46. The summed E-state index contributed by atoms with van der Waals surface area (Å²) in [6.07, 6.45) is -4.32. The van der Waals surface area contributed by atoms with E-state index < -0.39 is 17.0 Å². The molecule has 1 fully saturated rings. The minimum Gasteiger partial charge on any atom is -0.488 e. The van der Waals surface area contributed by atoms with Gasteiger partial charge < -0.3 is 9.84 Å². The second kappa shape index (κ2) is 7.05. The van der Waals surface area contributed by atoms with E-state index in [1.165, 1.54) is 6.07 Å². The molecule has 1 aromatic heterocycles. The Kier molecular flexibility index (Phi) is 5.01. The van der Waals surface area contributed by atoms with Crippen LogP contribution in [-0.2, 0) is 24.1 Å². The van der Waals surface area contributed by atoms with Crippen molar-refractivity contribution in [1.82, 2.24) is 4.90 Å². The van der Waals surface area contributed by atoms with Crippen LogP contribution in [0.25, 0.3) is 0 Å². The Morgan fingerprint density at radius 3 is 2.44 bits per heavy atom. The summed E-state index contributed by atoms with van der Waals surface area (Å²) in [6.45, 7) is 1.86. The average molecular weight is 371 g/mol. The van der Waals surface area contributed by atoms with Crippen LogP contribution in [0.15, 0.2) is 36.4 Å². The Balaban J connectivity index is 1.48. The highest BCUT2D eigenvalue weighted by molar-refractivity contribution is 7.12. The van der Waals surface area contributed by atoms with Crippen LogP contribution in [0.3, 0.4) is 0 Å². The molecule has 1 saturated heterocycles. The number of alkyl halides is 3. The summed E-state index contributed by atoms with van der Waals surface area (Å²) in [5, 5.41) is 8.85. The molecular weight excluding hydrogens is 355 g/mol. The highest BCUT2D eigenvalue weighted by Gasteiger charge is 2.33. The number of halogens is 3. The standard InChI is InChI=1S/C17H16F3NO3S/c18-17(19,20)15-6-5-14(25-15)10-24-13-3-1-11(2-4-13)7-21-8-12(9-21)16(22)23/h1-6,12H,7-10H2,(H,22,23). The van der Waals surface area contributed by atoms with E-state index in [2.05, 4.69) is 0 Å². The number of rotatable bonds is 6. The van der Waals surface area contributed by atoms with E-state index in [0.717, 1.165) is 11.6 Å². The van der Waals surface area contributed by atoms with E-state index in [1.54, 1.807) is 12.1 Å². The largest absolute Gasteiger partial charge is 0.488 e. The van der Waals surface area contributed by atoms with Crippen molar-refractivity contribution in [1.29, 1.82) is 0 Å². The first kappa shape index (κ1) is 17.8. The van der Waals surface area contributed by atoms with Gasteiger partial charge in [-0.05, 0) is 29.8 Å². The van der Waals surface area contributed by atoms with Crippen LogP contribution in [0.5, 0.6) is 5.75 Å². The van der Waals surface area contributed by atoms with Gasteiger partial charge in [-0.2, -0.15) is 13.2 Å². The Labute approximate surface area is 146 Å². The molecule has 0 radical (unpaired) electrons. The molecule has 25 heavy (non-hydrogen) atoms. The van der Waals surface area contributed by atoms with Crippen LogP contribution in [0.2, 0.25) is 0 Å². The van der Waals surface area contributed by atoms with Gasteiger partial charge in [0.05, 0.1) is 5.92 Å². The molecule has 2 heterocycles. The number of ether oxygens (including phenoxy) is 1. The summed E-state index contributed by atoms with van der Waals surface area (Å²) in [5.74, 6) is -0.463. The molecule has 0 aliphatic carbocycles. The maximum atomic E-state index is 12.5. The molecular formula is C17H16F3NO3S. The number of carboxylic acids is 1. The third-order valence-corrected chi connectivity index (χ3v) is 5.06.